The molecule has 114 valence electrons. The van der Waals surface area contributed by atoms with E-state index in [1.165, 1.54) is 7.05 Å². The largest absolute Gasteiger partial charge is 0.468 e. The quantitative estimate of drug-likeness (QED) is 0.609. The van der Waals surface area contributed by atoms with Crippen molar-refractivity contribution in [3.8, 4) is 11.8 Å². The Balaban J connectivity index is 2.74. The van der Waals surface area contributed by atoms with Crippen LogP contribution >= 0.6 is 0 Å². The highest BCUT2D eigenvalue weighted by atomic mass is 32.2. The molecule has 0 unspecified atom stereocenters. The van der Waals surface area contributed by atoms with Crippen LogP contribution in [0.4, 0.5) is 0 Å². The van der Waals surface area contributed by atoms with Gasteiger partial charge in [-0.05, 0) is 17.7 Å². The SMILES string of the molecule is COC(=O)CS(=O)(=O)N(C)Cc1ccc(C#CCO)cc1. The van der Waals surface area contributed by atoms with Gasteiger partial charge in [0.25, 0.3) is 0 Å². The van der Waals surface area contributed by atoms with Crippen LogP contribution in [0.3, 0.4) is 0 Å². The van der Waals surface area contributed by atoms with Crippen molar-refractivity contribution >= 4 is 16.0 Å². The molecule has 0 radical (unpaired) electrons. The lowest BCUT2D eigenvalue weighted by Gasteiger charge is -2.16. The lowest BCUT2D eigenvalue weighted by atomic mass is 10.1. The minimum atomic E-state index is -3.70. The Morgan fingerprint density at radius 2 is 1.95 bits per heavy atom. The zero-order valence-electron chi connectivity index (χ0n) is 11.9. The maximum atomic E-state index is 11.9. The van der Waals surface area contributed by atoms with Crippen LogP contribution in [-0.4, -0.2) is 50.3 Å². The molecule has 1 aromatic rings. The van der Waals surface area contributed by atoms with Gasteiger partial charge in [0.05, 0.1) is 7.11 Å². The standard InChI is InChI=1S/C14H17NO5S/c1-15(21(18,19)11-14(17)20-2)10-13-7-5-12(6-8-13)4-3-9-16/h5-8,16H,9-11H2,1-2H3. The molecule has 0 saturated heterocycles. The van der Waals surface area contributed by atoms with Gasteiger partial charge in [0, 0.05) is 19.2 Å². The Labute approximate surface area is 124 Å². The van der Waals surface area contributed by atoms with E-state index in [0.717, 1.165) is 22.5 Å². The van der Waals surface area contributed by atoms with Crippen LogP contribution in [0.25, 0.3) is 0 Å². The molecular weight excluding hydrogens is 294 g/mol. The van der Waals surface area contributed by atoms with E-state index in [4.69, 9.17) is 5.11 Å². The van der Waals surface area contributed by atoms with E-state index in [9.17, 15) is 13.2 Å². The number of sulfonamides is 1. The summed E-state index contributed by atoms with van der Waals surface area (Å²) in [4.78, 5) is 11.1. The van der Waals surface area contributed by atoms with Crippen molar-refractivity contribution in [1.29, 1.82) is 0 Å². The topological polar surface area (TPSA) is 83.9 Å². The molecule has 0 atom stereocenters. The van der Waals surface area contributed by atoms with Gasteiger partial charge in [-0.3, -0.25) is 4.79 Å². The molecule has 6 nitrogen and oxygen atoms in total. The Hall–Kier alpha value is -1.88. The lowest BCUT2D eigenvalue weighted by molar-refractivity contribution is -0.137. The Morgan fingerprint density at radius 3 is 2.48 bits per heavy atom. The molecule has 0 aliphatic heterocycles. The first kappa shape index (κ1) is 17.2. The number of hydrogen-bond donors (Lipinski definition) is 1. The van der Waals surface area contributed by atoms with E-state index >= 15 is 0 Å². The first-order chi connectivity index (χ1) is 9.89. The van der Waals surface area contributed by atoms with Gasteiger partial charge >= 0.3 is 5.97 Å². The van der Waals surface area contributed by atoms with Gasteiger partial charge in [0.1, 0.15) is 6.61 Å². The molecule has 0 fully saturated rings. The van der Waals surface area contributed by atoms with E-state index in [1.54, 1.807) is 24.3 Å². The summed E-state index contributed by atoms with van der Waals surface area (Å²) < 4.78 is 29.2. The number of ether oxygens (including phenoxy) is 1. The Morgan fingerprint density at radius 1 is 1.33 bits per heavy atom. The molecule has 0 aliphatic rings. The van der Waals surface area contributed by atoms with Crippen molar-refractivity contribution < 1.29 is 23.1 Å². The second kappa shape index (κ2) is 7.78. The number of aliphatic hydroxyl groups excluding tert-OH is 1. The summed E-state index contributed by atoms with van der Waals surface area (Å²) in [6.07, 6.45) is 0. The van der Waals surface area contributed by atoms with Gasteiger partial charge in [0.15, 0.2) is 5.75 Å². The number of methoxy groups -OCH3 is 1. The molecule has 0 aliphatic carbocycles. The zero-order chi connectivity index (χ0) is 15.9. The molecule has 0 spiro atoms. The normalized spacial score (nSPS) is 10.9. The van der Waals surface area contributed by atoms with E-state index in [2.05, 4.69) is 16.6 Å². The fraction of sp³-hybridized carbons (Fsp3) is 0.357. The number of esters is 1. The van der Waals surface area contributed by atoms with Gasteiger partial charge in [-0.1, -0.05) is 24.0 Å². The fourth-order valence-electron chi connectivity index (χ4n) is 1.51. The maximum Gasteiger partial charge on any atom is 0.322 e. The summed E-state index contributed by atoms with van der Waals surface area (Å²) in [5.74, 6) is 3.80. The van der Waals surface area contributed by atoms with E-state index in [-0.39, 0.29) is 13.2 Å². The van der Waals surface area contributed by atoms with Crippen LogP contribution in [0.15, 0.2) is 24.3 Å². The molecule has 0 aromatic heterocycles. The summed E-state index contributed by atoms with van der Waals surface area (Å²) in [7, 11) is -1.15. The molecule has 1 aromatic carbocycles. The van der Waals surface area contributed by atoms with Crippen molar-refractivity contribution in [2.24, 2.45) is 0 Å². The molecule has 0 bridgehead atoms. The lowest BCUT2D eigenvalue weighted by Crippen LogP contribution is -2.32. The smallest absolute Gasteiger partial charge is 0.322 e. The van der Waals surface area contributed by atoms with Gasteiger partial charge in [-0.15, -0.1) is 0 Å². The minimum absolute atomic E-state index is 0.146. The van der Waals surface area contributed by atoms with Crippen molar-refractivity contribution in [1.82, 2.24) is 4.31 Å². The maximum absolute atomic E-state index is 11.9. The number of hydrogen-bond acceptors (Lipinski definition) is 5. The van der Waals surface area contributed by atoms with Crippen LogP contribution in [-0.2, 0) is 26.1 Å². The number of carbonyl (C=O) groups excluding carboxylic acids is 1. The number of benzene rings is 1. The number of aliphatic hydroxyl groups is 1. The average molecular weight is 311 g/mol. The molecule has 0 heterocycles. The van der Waals surface area contributed by atoms with Gasteiger partial charge in [-0.2, -0.15) is 0 Å². The molecule has 1 N–H and O–H groups in total. The molecule has 7 heteroatoms. The highest BCUT2D eigenvalue weighted by Crippen LogP contribution is 2.09. The highest BCUT2D eigenvalue weighted by Gasteiger charge is 2.22. The number of nitrogens with zero attached hydrogens (tertiary/aromatic N) is 1. The summed E-state index contributed by atoms with van der Waals surface area (Å²) in [5.41, 5.74) is 1.49. The minimum Gasteiger partial charge on any atom is -0.468 e. The Kier molecular flexibility index (Phi) is 6.37. The fourth-order valence-corrected chi connectivity index (χ4v) is 2.49. The number of rotatable bonds is 5. The van der Waals surface area contributed by atoms with Crippen molar-refractivity contribution in [3.63, 3.8) is 0 Å². The summed E-state index contributed by atoms with van der Waals surface area (Å²) >= 11 is 0. The molecule has 1 rings (SSSR count). The zero-order valence-corrected chi connectivity index (χ0v) is 12.7. The summed E-state index contributed by atoms with van der Waals surface area (Å²) in [5, 5.41) is 8.60. The monoisotopic (exact) mass is 311 g/mol. The van der Waals surface area contributed by atoms with Crippen LogP contribution in [0.5, 0.6) is 0 Å². The van der Waals surface area contributed by atoms with Crippen molar-refractivity contribution in [2.75, 3.05) is 26.5 Å². The Bertz CT molecular complexity index is 640. The van der Waals surface area contributed by atoms with Gasteiger partial charge < -0.3 is 9.84 Å². The van der Waals surface area contributed by atoms with Crippen LogP contribution in [0, 0.1) is 11.8 Å². The first-order valence-electron chi connectivity index (χ1n) is 6.08. The second-order valence-electron chi connectivity index (χ2n) is 4.25. The molecule has 0 amide bonds. The first-order valence-corrected chi connectivity index (χ1v) is 7.69. The predicted molar refractivity (Wildman–Crippen MR) is 77.7 cm³/mol. The van der Waals surface area contributed by atoms with E-state index in [0.29, 0.717) is 0 Å². The van der Waals surface area contributed by atoms with Crippen LogP contribution < -0.4 is 0 Å². The van der Waals surface area contributed by atoms with Crippen LogP contribution in [0.2, 0.25) is 0 Å². The van der Waals surface area contributed by atoms with E-state index in [1.807, 2.05) is 0 Å². The molecular formula is C14H17NO5S. The third-order valence-corrected chi connectivity index (χ3v) is 4.35. The third-order valence-electron chi connectivity index (χ3n) is 2.67. The van der Waals surface area contributed by atoms with Crippen LogP contribution in [0.1, 0.15) is 11.1 Å². The highest BCUT2D eigenvalue weighted by molar-refractivity contribution is 7.89. The van der Waals surface area contributed by atoms with E-state index < -0.39 is 21.7 Å². The third kappa shape index (κ3) is 5.55. The van der Waals surface area contributed by atoms with Gasteiger partial charge in [0.2, 0.25) is 10.0 Å². The molecule has 0 saturated carbocycles. The van der Waals surface area contributed by atoms with Crippen molar-refractivity contribution in [2.45, 2.75) is 6.54 Å². The second-order valence-corrected chi connectivity index (χ2v) is 6.32. The summed E-state index contributed by atoms with van der Waals surface area (Å²) in [6, 6.07) is 6.95. The predicted octanol–water partition coefficient (Wildman–Crippen LogP) is -0.0350. The molecule has 21 heavy (non-hydrogen) atoms. The van der Waals surface area contributed by atoms with Crippen molar-refractivity contribution in [3.05, 3.63) is 35.4 Å². The average Bonchev–Trinajstić information content (AvgIpc) is 2.45. The summed E-state index contributed by atoms with van der Waals surface area (Å²) in [6.45, 7) is -0.0662. The van der Waals surface area contributed by atoms with Gasteiger partial charge in [-0.25, -0.2) is 12.7 Å². The number of carbonyl (C=O) groups is 1.